The molecule has 0 N–H and O–H groups in total. The minimum Gasteiger partial charge on any atom is -0.303 e. The van der Waals surface area contributed by atoms with Crippen LogP contribution in [0.4, 0.5) is 0 Å². The Morgan fingerprint density at radius 2 is 1.41 bits per heavy atom. The summed E-state index contributed by atoms with van der Waals surface area (Å²) in [5, 5.41) is 0. The van der Waals surface area contributed by atoms with E-state index in [0.29, 0.717) is 0 Å². The van der Waals surface area contributed by atoms with Crippen LogP contribution in [0.15, 0.2) is 24.8 Å². The number of aldehydes is 1. The molecule has 0 aliphatic carbocycles. The van der Waals surface area contributed by atoms with Crippen molar-refractivity contribution in [2.75, 3.05) is 0 Å². The highest BCUT2D eigenvalue weighted by Crippen LogP contribution is 2.09. The zero-order valence-corrected chi connectivity index (χ0v) is 10.8. The van der Waals surface area contributed by atoms with E-state index in [4.69, 9.17) is 0 Å². The van der Waals surface area contributed by atoms with Gasteiger partial charge in [-0.1, -0.05) is 56.6 Å². The predicted molar refractivity (Wildman–Crippen MR) is 74.7 cm³/mol. The van der Waals surface area contributed by atoms with Gasteiger partial charge in [-0.2, -0.15) is 0 Å². The van der Waals surface area contributed by atoms with Gasteiger partial charge in [-0.25, -0.2) is 0 Å². The normalized spacial score (nSPS) is 9.88. The largest absolute Gasteiger partial charge is 0.303 e. The summed E-state index contributed by atoms with van der Waals surface area (Å²) >= 11 is 0. The van der Waals surface area contributed by atoms with Gasteiger partial charge in [0.1, 0.15) is 6.29 Å². The van der Waals surface area contributed by atoms with E-state index in [2.05, 4.69) is 24.5 Å². The average molecular weight is 232 g/mol. The van der Waals surface area contributed by atoms with Crippen LogP contribution < -0.4 is 0 Å². The van der Waals surface area contributed by atoms with Gasteiger partial charge in [0, 0.05) is 6.42 Å². The molecule has 0 fully saturated rings. The Balaban J connectivity index is 3.10. The lowest BCUT2D eigenvalue weighted by molar-refractivity contribution is -0.107. The smallest absolute Gasteiger partial charge is 0.119 e. The lowest BCUT2D eigenvalue weighted by atomic mass is 10.1. The van der Waals surface area contributed by atoms with Crippen LogP contribution in [0.2, 0.25) is 0 Å². The van der Waals surface area contributed by atoms with E-state index in [9.17, 15) is 4.79 Å². The molecule has 0 aromatic carbocycles. The van der Waals surface area contributed by atoms with Gasteiger partial charge in [0.2, 0.25) is 0 Å². The third kappa shape index (κ3) is 14.7. The third-order valence-electron chi connectivity index (χ3n) is 2.58. The average Bonchev–Trinajstić information content (AvgIpc) is 2.35. The van der Waals surface area contributed by atoms with E-state index in [0.717, 1.165) is 25.5 Å². The summed E-state index contributed by atoms with van der Waals surface area (Å²) in [6.45, 7) is 3.53. The number of hydrogen-bond acceptors (Lipinski definition) is 1. The molecule has 0 aromatic heterocycles. The molecule has 0 aromatic rings. The Labute approximate surface area is 106 Å². The molecule has 0 bridgehead atoms. The molecular formula is C16H24O. The monoisotopic (exact) mass is 232 g/mol. The van der Waals surface area contributed by atoms with Crippen molar-refractivity contribution in [2.24, 2.45) is 0 Å². The zero-order valence-electron chi connectivity index (χ0n) is 10.8. The molecule has 1 nitrogen and oxygen atoms in total. The van der Waals surface area contributed by atoms with E-state index in [1.165, 1.54) is 38.5 Å². The topological polar surface area (TPSA) is 17.1 Å². The van der Waals surface area contributed by atoms with Gasteiger partial charge in [0.05, 0.1) is 0 Å². The van der Waals surface area contributed by atoms with E-state index in [-0.39, 0.29) is 0 Å². The molecular weight excluding hydrogens is 208 g/mol. The molecule has 0 aliphatic heterocycles. The molecule has 0 unspecified atom stereocenters. The maximum Gasteiger partial charge on any atom is 0.119 e. The number of hydrogen-bond donors (Lipinski definition) is 0. The Bertz CT molecular complexity index is 265. The molecule has 0 radical (unpaired) electrons. The van der Waals surface area contributed by atoms with Crippen LogP contribution in [0.25, 0.3) is 0 Å². The minimum absolute atomic E-state index is 0.733. The van der Waals surface area contributed by atoms with Crippen molar-refractivity contribution in [2.45, 2.75) is 57.8 Å². The number of carbonyl (C=O) groups is 1. The van der Waals surface area contributed by atoms with Gasteiger partial charge in [-0.3, -0.25) is 0 Å². The highest BCUT2D eigenvalue weighted by atomic mass is 16.1. The molecule has 17 heavy (non-hydrogen) atoms. The third-order valence-corrected chi connectivity index (χ3v) is 2.58. The quantitative estimate of drug-likeness (QED) is 0.309. The SMILES string of the molecule is C=CC#CC=CCCCCCCCCCC=O. The second kappa shape index (κ2) is 14.7. The van der Waals surface area contributed by atoms with Crippen LogP contribution in [-0.2, 0) is 4.79 Å². The highest BCUT2D eigenvalue weighted by Gasteiger charge is 1.90. The van der Waals surface area contributed by atoms with Crippen molar-refractivity contribution >= 4 is 6.29 Å². The summed E-state index contributed by atoms with van der Waals surface area (Å²) < 4.78 is 0. The van der Waals surface area contributed by atoms with E-state index in [1.807, 2.05) is 6.08 Å². The van der Waals surface area contributed by atoms with E-state index < -0.39 is 0 Å². The van der Waals surface area contributed by atoms with E-state index in [1.54, 1.807) is 6.08 Å². The first-order valence-electron chi connectivity index (χ1n) is 6.62. The molecule has 0 atom stereocenters. The fourth-order valence-electron chi connectivity index (χ4n) is 1.62. The molecule has 0 saturated heterocycles. The fourth-order valence-corrected chi connectivity index (χ4v) is 1.62. The first-order chi connectivity index (χ1) is 8.41. The van der Waals surface area contributed by atoms with Gasteiger partial charge in [0.25, 0.3) is 0 Å². The van der Waals surface area contributed by atoms with Crippen LogP contribution in [0.1, 0.15) is 57.8 Å². The summed E-state index contributed by atoms with van der Waals surface area (Å²) in [6, 6.07) is 0. The van der Waals surface area contributed by atoms with Crippen LogP contribution in [0.5, 0.6) is 0 Å². The Morgan fingerprint density at radius 1 is 0.824 bits per heavy atom. The summed E-state index contributed by atoms with van der Waals surface area (Å²) in [5.41, 5.74) is 0. The van der Waals surface area contributed by atoms with E-state index >= 15 is 0 Å². The van der Waals surface area contributed by atoms with Crippen molar-refractivity contribution in [3.8, 4) is 11.8 Å². The highest BCUT2D eigenvalue weighted by molar-refractivity contribution is 5.48. The van der Waals surface area contributed by atoms with Crippen LogP contribution in [-0.4, -0.2) is 6.29 Å². The molecule has 0 amide bonds. The first-order valence-corrected chi connectivity index (χ1v) is 6.62. The molecule has 0 rings (SSSR count). The molecule has 94 valence electrons. The zero-order chi connectivity index (χ0) is 12.6. The fraction of sp³-hybridized carbons (Fsp3) is 0.562. The Kier molecular flexibility index (Phi) is 13.6. The van der Waals surface area contributed by atoms with Gasteiger partial charge in [-0.05, 0) is 31.4 Å². The number of carbonyl (C=O) groups excluding carboxylic acids is 1. The second-order valence-electron chi connectivity index (χ2n) is 4.11. The first kappa shape index (κ1) is 15.7. The van der Waals surface area contributed by atoms with Gasteiger partial charge >= 0.3 is 0 Å². The molecule has 1 heteroatoms. The molecule has 0 heterocycles. The standard InChI is InChI=1S/C16H24O/c1-2-3-4-5-6-7-8-9-10-11-12-13-14-15-16-17/h2,5-6,16H,1,7-15H2. The maximum absolute atomic E-state index is 10.1. The summed E-state index contributed by atoms with van der Waals surface area (Å²) in [7, 11) is 0. The number of rotatable bonds is 10. The van der Waals surface area contributed by atoms with Crippen LogP contribution in [0, 0.1) is 11.8 Å². The van der Waals surface area contributed by atoms with Crippen LogP contribution >= 0.6 is 0 Å². The van der Waals surface area contributed by atoms with Crippen molar-refractivity contribution in [1.82, 2.24) is 0 Å². The van der Waals surface area contributed by atoms with Gasteiger partial charge in [-0.15, -0.1) is 0 Å². The molecule has 0 saturated carbocycles. The Hall–Kier alpha value is -1.29. The number of allylic oxidation sites excluding steroid dienone is 3. The minimum atomic E-state index is 0.733. The maximum atomic E-state index is 10.1. The summed E-state index contributed by atoms with van der Waals surface area (Å²) in [6.07, 6.45) is 17.2. The van der Waals surface area contributed by atoms with Crippen molar-refractivity contribution in [3.63, 3.8) is 0 Å². The number of unbranched alkanes of at least 4 members (excludes halogenated alkanes) is 8. The van der Waals surface area contributed by atoms with Crippen LogP contribution in [0.3, 0.4) is 0 Å². The lowest BCUT2D eigenvalue weighted by Crippen LogP contribution is -1.81. The summed E-state index contributed by atoms with van der Waals surface area (Å²) in [5.74, 6) is 5.67. The predicted octanol–water partition coefficient (Wildman–Crippen LogP) is 4.44. The summed E-state index contributed by atoms with van der Waals surface area (Å²) in [4.78, 5) is 10.1. The van der Waals surface area contributed by atoms with Crippen molar-refractivity contribution in [3.05, 3.63) is 24.8 Å². The van der Waals surface area contributed by atoms with Crippen molar-refractivity contribution in [1.29, 1.82) is 0 Å². The molecule has 0 aliphatic rings. The Morgan fingerprint density at radius 3 is 2.00 bits per heavy atom. The molecule has 0 spiro atoms. The lowest BCUT2D eigenvalue weighted by Gasteiger charge is -1.99. The van der Waals surface area contributed by atoms with Gasteiger partial charge < -0.3 is 4.79 Å². The second-order valence-corrected chi connectivity index (χ2v) is 4.11. The van der Waals surface area contributed by atoms with Crippen molar-refractivity contribution < 1.29 is 4.79 Å². The van der Waals surface area contributed by atoms with Gasteiger partial charge in [0.15, 0.2) is 0 Å².